The van der Waals surface area contributed by atoms with Gasteiger partial charge in [0.1, 0.15) is 0 Å². The Labute approximate surface area is 194 Å². The first-order valence-electron chi connectivity index (χ1n) is 10.6. The van der Waals surface area contributed by atoms with Crippen molar-refractivity contribution < 1.29 is 18.0 Å². The van der Waals surface area contributed by atoms with Crippen LogP contribution in [0.2, 0.25) is 0 Å². The molecule has 0 aromatic heterocycles. The molecule has 8 nitrogen and oxygen atoms in total. The minimum atomic E-state index is -3.96. The first-order chi connectivity index (χ1) is 15.6. The predicted molar refractivity (Wildman–Crippen MR) is 128 cm³/mol. The molecule has 1 aliphatic rings. The average Bonchev–Trinajstić information content (AvgIpc) is 2.78. The number of carbonyl (C=O) groups excluding carboxylic acids is 2. The molecule has 3 rings (SSSR count). The Kier molecular flexibility index (Phi) is 7.45. The second-order valence-corrected chi connectivity index (χ2v) is 10.4. The van der Waals surface area contributed by atoms with Crippen molar-refractivity contribution in [2.45, 2.75) is 50.3 Å². The van der Waals surface area contributed by atoms with Gasteiger partial charge in [-0.25, -0.2) is 8.42 Å². The molecule has 0 aliphatic carbocycles. The number of benzene rings is 2. The third kappa shape index (κ3) is 6.59. The van der Waals surface area contributed by atoms with Gasteiger partial charge < -0.3 is 5.32 Å². The van der Waals surface area contributed by atoms with Crippen molar-refractivity contribution >= 4 is 33.7 Å². The summed E-state index contributed by atoms with van der Waals surface area (Å²) in [5.41, 5.74) is 4.35. The van der Waals surface area contributed by atoms with Crippen molar-refractivity contribution in [2.75, 3.05) is 5.32 Å². The van der Waals surface area contributed by atoms with Crippen molar-refractivity contribution in [1.82, 2.24) is 10.3 Å². The summed E-state index contributed by atoms with van der Waals surface area (Å²) >= 11 is 0. The SMILES string of the molecule is CC(C)(C)c1ccc(S(=O)(=O)NNC(=O)C2=C(CC(=O)Nc3ccccc3)N=CCC2)cc1. The van der Waals surface area contributed by atoms with Gasteiger partial charge in [0.2, 0.25) is 5.91 Å². The van der Waals surface area contributed by atoms with Crippen LogP contribution >= 0.6 is 0 Å². The quantitative estimate of drug-likeness (QED) is 0.540. The third-order valence-corrected chi connectivity index (χ3v) is 6.37. The van der Waals surface area contributed by atoms with Crippen LogP contribution in [0.15, 0.2) is 75.8 Å². The summed E-state index contributed by atoms with van der Waals surface area (Å²) in [6.07, 6.45) is 2.41. The lowest BCUT2D eigenvalue weighted by Gasteiger charge is -2.19. The van der Waals surface area contributed by atoms with Gasteiger partial charge in [0.05, 0.1) is 17.0 Å². The summed E-state index contributed by atoms with van der Waals surface area (Å²) in [5.74, 6) is -0.954. The van der Waals surface area contributed by atoms with Crippen LogP contribution in [0.5, 0.6) is 0 Å². The van der Waals surface area contributed by atoms with E-state index in [4.69, 9.17) is 0 Å². The van der Waals surface area contributed by atoms with Crippen LogP contribution in [-0.4, -0.2) is 26.4 Å². The topological polar surface area (TPSA) is 117 Å². The molecule has 0 spiro atoms. The van der Waals surface area contributed by atoms with E-state index in [0.29, 0.717) is 24.2 Å². The fourth-order valence-corrected chi connectivity index (χ4v) is 4.10. The Morgan fingerprint density at radius 3 is 2.30 bits per heavy atom. The molecular weight excluding hydrogens is 440 g/mol. The van der Waals surface area contributed by atoms with Gasteiger partial charge in [0, 0.05) is 17.5 Å². The number of aliphatic imine (C=N–C) groups is 1. The number of sulfonamides is 1. The monoisotopic (exact) mass is 468 g/mol. The molecule has 0 radical (unpaired) electrons. The molecule has 1 aliphatic heterocycles. The molecule has 9 heteroatoms. The molecule has 0 saturated carbocycles. The minimum absolute atomic E-state index is 0.0360. The van der Waals surface area contributed by atoms with E-state index in [2.05, 4.69) is 20.6 Å². The Morgan fingerprint density at radius 2 is 1.67 bits per heavy atom. The first-order valence-corrected chi connectivity index (χ1v) is 12.1. The summed E-state index contributed by atoms with van der Waals surface area (Å²) < 4.78 is 25.2. The summed E-state index contributed by atoms with van der Waals surface area (Å²) in [7, 11) is -3.96. The van der Waals surface area contributed by atoms with Crippen LogP contribution in [0, 0.1) is 0 Å². The molecule has 2 aromatic carbocycles. The zero-order valence-electron chi connectivity index (χ0n) is 18.9. The first kappa shape index (κ1) is 24.3. The summed E-state index contributed by atoms with van der Waals surface area (Å²) in [5, 5.41) is 2.75. The number of amides is 2. The molecule has 3 N–H and O–H groups in total. The van der Waals surface area contributed by atoms with E-state index >= 15 is 0 Å². The molecule has 2 amide bonds. The zero-order valence-corrected chi connectivity index (χ0v) is 19.7. The van der Waals surface area contributed by atoms with Gasteiger partial charge in [-0.3, -0.25) is 20.0 Å². The van der Waals surface area contributed by atoms with E-state index < -0.39 is 15.9 Å². The second-order valence-electron chi connectivity index (χ2n) is 8.70. The van der Waals surface area contributed by atoms with Crippen molar-refractivity contribution in [3.8, 4) is 0 Å². The maximum atomic E-state index is 12.7. The number of carbonyl (C=O) groups is 2. The number of hydrogen-bond acceptors (Lipinski definition) is 5. The highest BCUT2D eigenvalue weighted by molar-refractivity contribution is 7.89. The van der Waals surface area contributed by atoms with Crippen molar-refractivity contribution in [1.29, 1.82) is 0 Å². The van der Waals surface area contributed by atoms with E-state index in [-0.39, 0.29) is 28.2 Å². The number of rotatable bonds is 7. The van der Waals surface area contributed by atoms with Crippen molar-refractivity contribution in [3.05, 3.63) is 71.4 Å². The van der Waals surface area contributed by atoms with Crippen molar-refractivity contribution in [3.63, 3.8) is 0 Å². The lowest BCUT2D eigenvalue weighted by molar-refractivity contribution is -0.118. The maximum Gasteiger partial charge on any atom is 0.264 e. The largest absolute Gasteiger partial charge is 0.326 e. The van der Waals surface area contributed by atoms with Crippen LogP contribution in [0.4, 0.5) is 5.69 Å². The molecule has 33 heavy (non-hydrogen) atoms. The van der Waals surface area contributed by atoms with Crippen LogP contribution < -0.4 is 15.6 Å². The summed E-state index contributed by atoms with van der Waals surface area (Å²) in [6, 6.07) is 15.4. The summed E-state index contributed by atoms with van der Waals surface area (Å²) in [6.45, 7) is 6.10. The van der Waals surface area contributed by atoms with Gasteiger partial charge >= 0.3 is 0 Å². The number of nitrogens with one attached hydrogen (secondary N) is 3. The minimum Gasteiger partial charge on any atom is -0.326 e. The molecular formula is C24H28N4O4S. The average molecular weight is 469 g/mol. The van der Waals surface area contributed by atoms with Gasteiger partial charge in [-0.05, 0) is 48.1 Å². The normalized spacial score (nSPS) is 14.2. The number of nitrogens with zero attached hydrogens (tertiary/aromatic N) is 1. The van der Waals surface area contributed by atoms with E-state index in [9.17, 15) is 18.0 Å². The molecule has 0 saturated heterocycles. The maximum absolute atomic E-state index is 12.7. The molecule has 0 bridgehead atoms. The van der Waals surface area contributed by atoms with E-state index in [0.717, 1.165) is 5.56 Å². The van der Waals surface area contributed by atoms with Gasteiger partial charge in [0.15, 0.2) is 0 Å². The number of hydrogen-bond donors (Lipinski definition) is 3. The smallest absolute Gasteiger partial charge is 0.264 e. The Hall–Kier alpha value is -3.30. The zero-order chi connectivity index (χ0) is 24.1. The fourth-order valence-electron chi connectivity index (χ4n) is 3.26. The lowest BCUT2D eigenvalue weighted by atomic mass is 9.87. The predicted octanol–water partition coefficient (Wildman–Crippen LogP) is 3.44. The Morgan fingerprint density at radius 1 is 1.00 bits per heavy atom. The molecule has 0 unspecified atom stereocenters. The summed E-state index contributed by atoms with van der Waals surface area (Å²) in [4.78, 5) is 31.5. The van der Waals surface area contributed by atoms with Crippen LogP contribution in [0.25, 0.3) is 0 Å². The van der Waals surface area contributed by atoms with Crippen molar-refractivity contribution in [2.24, 2.45) is 4.99 Å². The molecule has 1 heterocycles. The highest BCUT2D eigenvalue weighted by Gasteiger charge is 2.22. The number of para-hydroxylation sites is 1. The van der Waals surface area contributed by atoms with Gasteiger partial charge in [-0.1, -0.05) is 51.1 Å². The van der Waals surface area contributed by atoms with Gasteiger partial charge in [-0.2, -0.15) is 0 Å². The lowest BCUT2D eigenvalue weighted by Crippen LogP contribution is -2.42. The van der Waals surface area contributed by atoms with Crippen LogP contribution in [-0.2, 0) is 25.0 Å². The van der Waals surface area contributed by atoms with Crippen LogP contribution in [0.3, 0.4) is 0 Å². The number of anilines is 1. The van der Waals surface area contributed by atoms with E-state index in [1.165, 1.54) is 12.1 Å². The molecule has 0 atom stereocenters. The third-order valence-electron chi connectivity index (χ3n) is 5.11. The number of hydrazine groups is 1. The molecule has 0 fully saturated rings. The standard InChI is InChI=1S/C24H28N4O4S/c1-24(2,3)17-11-13-19(14-12-17)33(31,32)28-27-23(30)20-10-7-15-25-21(20)16-22(29)26-18-8-5-4-6-9-18/h4-6,8-9,11-15,28H,7,10,16H2,1-3H3,(H,26,29)(H,27,30). The fraction of sp³-hybridized carbons (Fsp3) is 0.292. The second kappa shape index (κ2) is 10.1. The van der Waals surface area contributed by atoms with Gasteiger partial charge in [-0.15, -0.1) is 4.83 Å². The molecule has 174 valence electrons. The highest BCUT2D eigenvalue weighted by atomic mass is 32.2. The molecule has 2 aromatic rings. The highest BCUT2D eigenvalue weighted by Crippen LogP contribution is 2.24. The van der Waals surface area contributed by atoms with Gasteiger partial charge in [0.25, 0.3) is 15.9 Å². The van der Waals surface area contributed by atoms with E-state index in [1.54, 1.807) is 42.6 Å². The van der Waals surface area contributed by atoms with E-state index in [1.807, 2.05) is 26.8 Å². The van der Waals surface area contributed by atoms with Crippen LogP contribution in [0.1, 0.15) is 45.6 Å². The Balaban J connectivity index is 1.67. The Bertz CT molecular complexity index is 1180.